The second kappa shape index (κ2) is 4.97. The summed E-state index contributed by atoms with van der Waals surface area (Å²) in [6.07, 6.45) is 6.83. The highest BCUT2D eigenvalue weighted by Crippen LogP contribution is 2.48. The molecule has 0 amide bonds. The van der Waals surface area contributed by atoms with Gasteiger partial charge in [0.2, 0.25) is 0 Å². The molecule has 0 heterocycles. The van der Waals surface area contributed by atoms with Crippen molar-refractivity contribution in [3.63, 3.8) is 0 Å². The van der Waals surface area contributed by atoms with Gasteiger partial charge in [0.15, 0.2) is 0 Å². The summed E-state index contributed by atoms with van der Waals surface area (Å²) in [7, 11) is 0. The van der Waals surface area contributed by atoms with Gasteiger partial charge in [-0.05, 0) is 56.4 Å². The molecule has 3 nitrogen and oxygen atoms in total. The molecule has 2 N–H and O–H groups in total. The number of rotatable bonds is 6. The molecular weight excluding hydrogens is 214 g/mol. The summed E-state index contributed by atoms with van der Waals surface area (Å²) >= 11 is 0. The average molecular weight is 239 g/mol. The summed E-state index contributed by atoms with van der Waals surface area (Å²) in [5.41, 5.74) is -0.693. The first-order valence-electron chi connectivity index (χ1n) is 7.09. The smallest absolute Gasteiger partial charge is 0.323 e. The van der Waals surface area contributed by atoms with Gasteiger partial charge >= 0.3 is 5.97 Å². The summed E-state index contributed by atoms with van der Waals surface area (Å²) in [5, 5.41) is 12.7. The van der Waals surface area contributed by atoms with E-state index in [-0.39, 0.29) is 0 Å². The van der Waals surface area contributed by atoms with E-state index in [0.29, 0.717) is 12.8 Å². The van der Waals surface area contributed by atoms with E-state index in [9.17, 15) is 9.90 Å². The van der Waals surface area contributed by atoms with Crippen LogP contribution in [0, 0.1) is 17.8 Å². The maximum Gasteiger partial charge on any atom is 0.323 e. The quantitative estimate of drug-likeness (QED) is 0.749. The minimum Gasteiger partial charge on any atom is -0.480 e. The summed E-state index contributed by atoms with van der Waals surface area (Å²) < 4.78 is 0. The normalized spacial score (nSPS) is 32.0. The highest BCUT2D eigenvalue weighted by molar-refractivity contribution is 5.78. The van der Waals surface area contributed by atoms with Gasteiger partial charge in [0, 0.05) is 0 Å². The zero-order valence-corrected chi connectivity index (χ0v) is 11.0. The van der Waals surface area contributed by atoms with Crippen molar-refractivity contribution in [1.29, 1.82) is 0 Å². The van der Waals surface area contributed by atoms with Crippen molar-refractivity contribution in [3.8, 4) is 0 Å². The second-order valence-corrected chi connectivity index (χ2v) is 5.91. The first-order valence-corrected chi connectivity index (χ1v) is 7.09. The number of nitrogens with one attached hydrogen (secondary N) is 1. The van der Waals surface area contributed by atoms with Crippen molar-refractivity contribution in [2.24, 2.45) is 17.8 Å². The predicted molar refractivity (Wildman–Crippen MR) is 67.9 cm³/mol. The molecule has 0 saturated heterocycles. The molecule has 3 atom stereocenters. The van der Waals surface area contributed by atoms with Crippen molar-refractivity contribution in [2.45, 2.75) is 57.9 Å². The van der Waals surface area contributed by atoms with Gasteiger partial charge in [-0.2, -0.15) is 0 Å². The molecule has 2 saturated carbocycles. The van der Waals surface area contributed by atoms with Gasteiger partial charge < -0.3 is 10.4 Å². The Morgan fingerprint density at radius 1 is 1.29 bits per heavy atom. The predicted octanol–water partition coefficient (Wildman–Crippen LogP) is 2.66. The van der Waals surface area contributed by atoms with E-state index in [1.807, 2.05) is 13.8 Å². The molecule has 0 spiro atoms. The zero-order chi connectivity index (χ0) is 12.5. The second-order valence-electron chi connectivity index (χ2n) is 5.91. The van der Waals surface area contributed by atoms with E-state index in [2.05, 4.69) is 5.32 Å². The molecule has 0 aliphatic heterocycles. The molecule has 2 aliphatic carbocycles. The van der Waals surface area contributed by atoms with Crippen molar-refractivity contribution in [2.75, 3.05) is 6.54 Å². The van der Waals surface area contributed by atoms with Crippen LogP contribution in [0.3, 0.4) is 0 Å². The monoisotopic (exact) mass is 239 g/mol. The van der Waals surface area contributed by atoms with Crippen molar-refractivity contribution in [1.82, 2.24) is 5.32 Å². The van der Waals surface area contributed by atoms with Crippen LogP contribution in [-0.4, -0.2) is 23.2 Å². The van der Waals surface area contributed by atoms with Gasteiger partial charge in [0.05, 0.1) is 0 Å². The molecule has 17 heavy (non-hydrogen) atoms. The molecule has 2 fully saturated rings. The Kier molecular flexibility index (Phi) is 3.76. The number of hydrogen-bond acceptors (Lipinski definition) is 2. The van der Waals surface area contributed by atoms with Crippen LogP contribution in [0.5, 0.6) is 0 Å². The maximum atomic E-state index is 11.4. The molecule has 3 heteroatoms. The Morgan fingerprint density at radius 3 is 2.41 bits per heavy atom. The molecule has 98 valence electrons. The Labute approximate surface area is 104 Å². The maximum absolute atomic E-state index is 11.4. The molecule has 0 aromatic rings. The average Bonchev–Trinajstić information content (AvgIpc) is 2.92. The fraction of sp³-hybridized carbons (Fsp3) is 0.929. The fourth-order valence-electron chi connectivity index (χ4n) is 3.83. The van der Waals surface area contributed by atoms with E-state index >= 15 is 0 Å². The van der Waals surface area contributed by atoms with E-state index in [4.69, 9.17) is 0 Å². The first kappa shape index (κ1) is 12.9. The molecule has 2 bridgehead atoms. The van der Waals surface area contributed by atoms with Crippen molar-refractivity contribution < 1.29 is 9.90 Å². The van der Waals surface area contributed by atoms with Crippen LogP contribution in [0.15, 0.2) is 0 Å². The summed E-state index contributed by atoms with van der Waals surface area (Å²) in [5.74, 6) is 1.85. The topological polar surface area (TPSA) is 49.3 Å². The van der Waals surface area contributed by atoms with Crippen LogP contribution in [-0.2, 0) is 4.79 Å². The van der Waals surface area contributed by atoms with E-state index in [1.54, 1.807) is 0 Å². The number of fused-ring (bicyclic) bond motifs is 2. The summed E-state index contributed by atoms with van der Waals surface area (Å²) in [6, 6.07) is 0. The third-order valence-corrected chi connectivity index (χ3v) is 5.20. The van der Waals surface area contributed by atoms with Crippen LogP contribution in [0.25, 0.3) is 0 Å². The van der Waals surface area contributed by atoms with Crippen LogP contribution in [0.4, 0.5) is 0 Å². The van der Waals surface area contributed by atoms with E-state index in [0.717, 1.165) is 24.3 Å². The van der Waals surface area contributed by atoms with Crippen molar-refractivity contribution in [3.05, 3.63) is 0 Å². The molecule has 2 rings (SSSR count). The third kappa shape index (κ3) is 2.35. The van der Waals surface area contributed by atoms with Crippen LogP contribution < -0.4 is 5.32 Å². The largest absolute Gasteiger partial charge is 0.480 e. The molecule has 3 unspecified atom stereocenters. The minimum absolute atomic E-state index is 0.666. The molecule has 0 aromatic carbocycles. The van der Waals surface area contributed by atoms with Gasteiger partial charge in [-0.1, -0.05) is 20.3 Å². The van der Waals surface area contributed by atoms with E-state index in [1.165, 1.54) is 25.7 Å². The van der Waals surface area contributed by atoms with Crippen molar-refractivity contribution >= 4 is 5.97 Å². The lowest BCUT2D eigenvalue weighted by Gasteiger charge is -2.31. The van der Waals surface area contributed by atoms with Gasteiger partial charge in [-0.15, -0.1) is 0 Å². The summed E-state index contributed by atoms with van der Waals surface area (Å²) in [4.78, 5) is 11.4. The fourth-order valence-corrected chi connectivity index (χ4v) is 3.83. The van der Waals surface area contributed by atoms with E-state index < -0.39 is 11.5 Å². The molecule has 0 aromatic heterocycles. The number of carbonyl (C=O) groups is 1. The lowest BCUT2D eigenvalue weighted by molar-refractivity contribution is -0.145. The van der Waals surface area contributed by atoms with Gasteiger partial charge in [0.1, 0.15) is 5.54 Å². The van der Waals surface area contributed by atoms with Gasteiger partial charge in [-0.3, -0.25) is 4.79 Å². The van der Waals surface area contributed by atoms with Gasteiger partial charge in [0.25, 0.3) is 0 Å². The number of aliphatic carboxylic acids is 1. The highest BCUT2D eigenvalue weighted by Gasteiger charge is 2.41. The molecule has 2 aliphatic rings. The standard InChI is InChI=1S/C14H25NO2/c1-3-14(4-2,13(16)17)15-9-12-8-10-5-6-11(12)7-10/h10-12,15H,3-9H2,1-2H3,(H,16,17). The SMILES string of the molecule is CCC(CC)(NCC1CC2CCC1C2)C(=O)O. The van der Waals surface area contributed by atoms with Crippen LogP contribution >= 0.6 is 0 Å². The lowest BCUT2D eigenvalue weighted by Crippen LogP contribution is -2.53. The Morgan fingerprint density at radius 2 is 2.00 bits per heavy atom. The number of carboxylic acid groups (broad SMARTS) is 1. The molecule has 0 radical (unpaired) electrons. The minimum atomic E-state index is -0.693. The van der Waals surface area contributed by atoms with Gasteiger partial charge in [-0.25, -0.2) is 0 Å². The Balaban J connectivity index is 1.89. The highest BCUT2D eigenvalue weighted by atomic mass is 16.4. The van der Waals surface area contributed by atoms with Crippen LogP contribution in [0.1, 0.15) is 52.4 Å². The summed E-state index contributed by atoms with van der Waals surface area (Å²) in [6.45, 7) is 4.83. The zero-order valence-electron chi connectivity index (χ0n) is 11.0. The number of carboxylic acids is 1. The first-order chi connectivity index (χ1) is 8.11. The molecular formula is C14H25NO2. The van der Waals surface area contributed by atoms with Crippen LogP contribution in [0.2, 0.25) is 0 Å². The third-order valence-electron chi connectivity index (χ3n) is 5.20. The lowest BCUT2D eigenvalue weighted by atomic mass is 9.86. The Hall–Kier alpha value is -0.570. The number of hydrogen-bond donors (Lipinski definition) is 2. The Bertz CT molecular complexity index is 286.